The van der Waals surface area contributed by atoms with Gasteiger partial charge >= 0.3 is 28.5 Å². The van der Waals surface area contributed by atoms with Crippen molar-refractivity contribution in [3.63, 3.8) is 0 Å². The van der Waals surface area contributed by atoms with Crippen molar-refractivity contribution in [1.82, 2.24) is 0 Å². The molecule has 0 aromatic rings. The fourth-order valence-electron chi connectivity index (χ4n) is 0. The molecular weight excluding hydrogens is 362 g/mol. The number of rotatable bonds is 0. The van der Waals surface area contributed by atoms with Gasteiger partial charge in [0.2, 0.25) is 0 Å². The Morgan fingerprint density at radius 3 is 1.25 bits per heavy atom. The van der Waals surface area contributed by atoms with Gasteiger partial charge in [-0.2, -0.15) is 0 Å². The van der Waals surface area contributed by atoms with Gasteiger partial charge in [-0.3, -0.25) is 0 Å². The van der Waals surface area contributed by atoms with Gasteiger partial charge < -0.3 is 0 Å². The van der Waals surface area contributed by atoms with Gasteiger partial charge in [0, 0.05) is 47.9 Å². The summed E-state index contributed by atoms with van der Waals surface area (Å²) in [6.45, 7) is 0. The summed E-state index contributed by atoms with van der Waals surface area (Å²) in [6, 6.07) is 0. The quantitative estimate of drug-likeness (QED) is 0.531. The minimum atomic E-state index is 0. The minimum Gasteiger partial charge on any atom is 0 e. The van der Waals surface area contributed by atoms with Crippen molar-refractivity contribution in [2.75, 3.05) is 0 Å². The first-order valence-corrected chi connectivity index (χ1v) is 1.79. The summed E-state index contributed by atoms with van der Waals surface area (Å²) in [7, 11) is 0. The van der Waals surface area contributed by atoms with Crippen LogP contribution < -0.4 is 0 Å². The molecule has 0 N–H and O–H groups in total. The molecule has 0 fully saturated rings. The van der Waals surface area contributed by atoms with E-state index < -0.39 is 0 Å². The van der Waals surface area contributed by atoms with Crippen molar-refractivity contribution < 1.29 is 50.6 Å². The first-order valence-electron chi connectivity index (χ1n) is 0.204. The van der Waals surface area contributed by atoms with E-state index in [-0.39, 0.29) is 73.7 Å². The van der Waals surface area contributed by atoms with Crippen LogP contribution in [0.1, 0.15) is 0 Å². The standard InChI is InChI=1S/O.Pb.Ti.Zr. The fraction of sp³-hybridized carbons (Fsp3) is 0. The van der Waals surface area contributed by atoms with E-state index in [1.165, 1.54) is 0 Å². The number of hydrogen-bond acceptors (Lipinski definition) is 1. The zero-order valence-electron chi connectivity index (χ0n) is 1.91. The van der Waals surface area contributed by atoms with Crippen LogP contribution >= 0.6 is 0 Å². The molecular formula is OPbTiZr. The molecule has 0 aliphatic heterocycles. The third-order valence-corrected chi connectivity index (χ3v) is 0. The van der Waals surface area contributed by atoms with Gasteiger partial charge in [-0.25, -0.2) is 0 Å². The predicted octanol–water partition coefficient (Wildman–Crippen LogP) is -0.505. The smallest absolute Gasteiger partial charge is 0 e. The van der Waals surface area contributed by atoms with E-state index in [9.17, 15) is 0 Å². The van der Waals surface area contributed by atoms with Crippen LogP contribution in [0.2, 0.25) is 0 Å². The van der Waals surface area contributed by atoms with E-state index in [2.05, 4.69) is 0 Å². The van der Waals surface area contributed by atoms with Crippen molar-refractivity contribution >= 4 is 25.8 Å². The molecule has 0 saturated heterocycles. The van der Waals surface area contributed by atoms with Crippen molar-refractivity contribution in [2.24, 2.45) is 0 Å². The fourth-order valence-corrected chi connectivity index (χ4v) is 0. The maximum Gasteiger partial charge on any atom is 0 e. The van der Waals surface area contributed by atoms with E-state index in [0.29, 0.717) is 0 Å². The molecule has 0 spiro atoms. The van der Waals surface area contributed by atoms with Crippen molar-refractivity contribution in [2.45, 2.75) is 0 Å². The molecule has 1 nitrogen and oxygen atoms in total. The molecule has 4 heteroatoms. The third-order valence-electron chi connectivity index (χ3n) is 0. The molecule has 0 amide bonds. The molecule has 4 heavy (non-hydrogen) atoms. The van der Waals surface area contributed by atoms with Crippen LogP contribution in [-0.4, -0.2) is 25.8 Å². The van der Waals surface area contributed by atoms with Crippen molar-refractivity contribution in [3.8, 4) is 0 Å². The Labute approximate surface area is 75.1 Å². The second-order valence-electron chi connectivity index (χ2n) is 0. The largest absolute Gasteiger partial charge is 0 e. The summed E-state index contributed by atoms with van der Waals surface area (Å²) < 4.78 is 8.39. The van der Waals surface area contributed by atoms with Gasteiger partial charge in [0.1, 0.15) is 0 Å². The molecule has 0 rings (SSSR count). The Kier molecular flexibility index (Phi) is 74.8. The molecule has 0 aliphatic carbocycles. The van der Waals surface area contributed by atoms with Crippen LogP contribution in [0.15, 0.2) is 0 Å². The van der Waals surface area contributed by atoms with Gasteiger partial charge in [-0.05, 0) is 0 Å². The van der Waals surface area contributed by atoms with E-state index in [1.807, 2.05) is 0 Å². The van der Waals surface area contributed by atoms with Gasteiger partial charge in [0.05, 0.1) is 0 Å². The van der Waals surface area contributed by atoms with Gasteiger partial charge in [0.25, 0.3) is 0 Å². The molecule has 18 valence electrons. The molecule has 0 heterocycles. The van der Waals surface area contributed by atoms with E-state index in [1.54, 1.807) is 0 Å². The average molecular weight is 362 g/mol. The van der Waals surface area contributed by atoms with E-state index >= 15 is 0 Å². The summed E-state index contributed by atoms with van der Waals surface area (Å²) in [5, 5.41) is 0. The summed E-state index contributed by atoms with van der Waals surface area (Å²) in [5.41, 5.74) is 0. The minimum absolute atomic E-state index is 0. The number of hydrogen-bond donors (Lipinski definition) is 0. The molecule has 0 atom stereocenters. The summed E-state index contributed by atoms with van der Waals surface area (Å²) in [5.74, 6) is 0. The molecule has 0 unspecified atom stereocenters. The average Bonchev–Trinajstić information content (AvgIpc) is 1.00. The monoisotopic (exact) mass is 362 g/mol. The molecule has 0 aromatic heterocycles. The van der Waals surface area contributed by atoms with Gasteiger partial charge in [-0.15, -0.1) is 0 Å². The molecule has 0 saturated carbocycles. The maximum absolute atomic E-state index is 8.39. The summed E-state index contributed by atoms with van der Waals surface area (Å²) >= 11 is 0.0556. The second kappa shape index (κ2) is 18.4. The Bertz CT molecular complexity index is 8.00. The molecule has 0 aromatic carbocycles. The molecule has 2 radical (unpaired) electrons. The summed E-state index contributed by atoms with van der Waals surface area (Å²) in [6.07, 6.45) is 0. The summed E-state index contributed by atoms with van der Waals surface area (Å²) in [4.78, 5) is 0. The maximum atomic E-state index is 8.39. The van der Waals surface area contributed by atoms with Gasteiger partial charge in [0.15, 0.2) is 0 Å². The van der Waals surface area contributed by atoms with Crippen LogP contribution in [0.4, 0.5) is 0 Å². The first kappa shape index (κ1) is 16.2. The van der Waals surface area contributed by atoms with E-state index in [4.69, 9.17) is 2.69 Å². The zero-order valence-corrected chi connectivity index (χ0v) is 9.82. The van der Waals surface area contributed by atoms with Crippen LogP contribution in [0, 0.1) is 0 Å². The van der Waals surface area contributed by atoms with E-state index in [0.717, 1.165) is 0 Å². The normalized spacial score (nSPS) is 1.00. The first-order chi connectivity index (χ1) is 1.00. The SMILES string of the molecule is [O]=[Pb].[Ti].[Zr]. The molecule has 0 aliphatic rings. The van der Waals surface area contributed by atoms with Crippen molar-refractivity contribution in [3.05, 3.63) is 0 Å². The topological polar surface area (TPSA) is 17.1 Å². The van der Waals surface area contributed by atoms with Crippen LogP contribution in [0.5, 0.6) is 0 Å². The Morgan fingerprint density at radius 1 is 1.25 bits per heavy atom. The molecule has 0 bridgehead atoms. The van der Waals surface area contributed by atoms with Gasteiger partial charge in [-0.1, -0.05) is 0 Å². The Hall–Kier alpha value is 2.32. The Morgan fingerprint density at radius 2 is 1.25 bits per heavy atom. The second-order valence-corrected chi connectivity index (χ2v) is 0. The van der Waals surface area contributed by atoms with Crippen LogP contribution in [0.3, 0.4) is 0 Å². The van der Waals surface area contributed by atoms with Crippen LogP contribution in [-0.2, 0) is 50.6 Å². The van der Waals surface area contributed by atoms with Crippen molar-refractivity contribution in [1.29, 1.82) is 0 Å². The van der Waals surface area contributed by atoms with Crippen LogP contribution in [0.25, 0.3) is 0 Å². The zero-order chi connectivity index (χ0) is 2.00. The predicted molar refractivity (Wildman–Crippen MR) is 6.44 cm³/mol. The Balaban J connectivity index is -0.00000000500. The third kappa shape index (κ3) is 8.85.